The van der Waals surface area contributed by atoms with Crippen LogP contribution >= 0.6 is 0 Å². The van der Waals surface area contributed by atoms with Crippen molar-refractivity contribution in [3.8, 4) is 0 Å². The quantitative estimate of drug-likeness (QED) is 0.505. The van der Waals surface area contributed by atoms with Gasteiger partial charge >= 0.3 is 0 Å². The summed E-state index contributed by atoms with van der Waals surface area (Å²) < 4.78 is 8.06. The van der Waals surface area contributed by atoms with Crippen LogP contribution in [0.5, 0.6) is 0 Å². The number of fused-ring (bicyclic) bond motifs is 2. The maximum absolute atomic E-state index is 13.2. The van der Waals surface area contributed by atoms with Crippen LogP contribution in [0.1, 0.15) is 35.5 Å². The highest BCUT2D eigenvalue weighted by molar-refractivity contribution is 6.05. The van der Waals surface area contributed by atoms with Crippen molar-refractivity contribution in [3.05, 3.63) is 63.2 Å². The van der Waals surface area contributed by atoms with E-state index in [0.29, 0.717) is 23.6 Å². The second-order valence-electron chi connectivity index (χ2n) is 7.73. The summed E-state index contributed by atoms with van der Waals surface area (Å²) in [5, 5.41) is 15.3. The van der Waals surface area contributed by atoms with E-state index in [1.807, 2.05) is 26.8 Å². The Morgan fingerprint density at radius 2 is 2.03 bits per heavy atom. The zero-order valence-corrected chi connectivity index (χ0v) is 17.2. The summed E-state index contributed by atoms with van der Waals surface area (Å²) in [6.45, 7) is 8.04. The van der Waals surface area contributed by atoms with Gasteiger partial charge < -0.3 is 14.4 Å². The maximum Gasteiger partial charge on any atom is 0.267 e. The van der Waals surface area contributed by atoms with Crippen molar-refractivity contribution < 1.29 is 9.32 Å². The van der Waals surface area contributed by atoms with Crippen LogP contribution in [0.4, 0.5) is 5.82 Å². The smallest absolute Gasteiger partial charge is 0.267 e. The Balaban J connectivity index is 2.00. The minimum Gasteiger partial charge on any atom is -0.360 e. The number of amides is 1. The standard InChI is InChI=1S/C21H22N6O3/c1-11(2)10-27-17(22)14(20(28)23-16-8-13(4)30-25-16)9-15-19(27)24-18-12(3)6-5-7-26(18)21(15)29/h5-9,11,22H,10H2,1-4H3,(H,23,25,28). The van der Waals surface area contributed by atoms with Gasteiger partial charge in [0.2, 0.25) is 0 Å². The largest absolute Gasteiger partial charge is 0.360 e. The van der Waals surface area contributed by atoms with Gasteiger partial charge in [-0.1, -0.05) is 25.1 Å². The minimum absolute atomic E-state index is 0.0150. The molecule has 0 unspecified atom stereocenters. The highest BCUT2D eigenvalue weighted by Gasteiger charge is 2.19. The van der Waals surface area contributed by atoms with Crippen LogP contribution in [0.2, 0.25) is 0 Å². The molecular formula is C21H22N6O3. The summed E-state index contributed by atoms with van der Waals surface area (Å²) in [7, 11) is 0. The number of hydrogen-bond donors (Lipinski definition) is 2. The van der Waals surface area contributed by atoms with Gasteiger partial charge in [-0.15, -0.1) is 0 Å². The number of nitrogens with zero attached hydrogens (tertiary/aromatic N) is 4. The number of rotatable bonds is 4. The van der Waals surface area contributed by atoms with Gasteiger partial charge in [-0.25, -0.2) is 4.98 Å². The van der Waals surface area contributed by atoms with E-state index in [4.69, 9.17) is 9.93 Å². The average molecular weight is 406 g/mol. The van der Waals surface area contributed by atoms with Crippen molar-refractivity contribution >= 4 is 28.4 Å². The van der Waals surface area contributed by atoms with Crippen molar-refractivity contribution in [2.45, 2.75) is 34.2 Å². The molecule has 4 rings (SSSR count). The Labute approximate surface area is 171 Å². The molecule has 0 aliphatic rings. The highest BCUT2D eigenvalue weighted by atomic mass is 16.5. The van der Waals surface area contributed by atoms with Crippen molar-refractivity contribution in [1.29, 1.82) is 5.41 Å². The van der Waals surface area contributed by atoms with Crippen molar-refractivity contribution in [1.82, 2.24) is 19.1 Å². The Bertz CT molecular complexity index is 1410. The fourth-order valence-corrected chi connectivity index (χ4v) is 3.42. The predicted octanol–water partition coefficient (Wildman–Crippen LogP) is 2.64. The summed E-state index contributed by atoms with van der Waals surface area (Å²) in [4.78, 5) is 30.8. The first kappa shape index (κ1) is 19.6. The van der Waals surface area contributed by atoms with E-state index in [2.05, 4.69) is 15.5 Å². The first-order valence-electron chi connectivity index (χ1n) is 9.61. The number of carbonyl (C=O) groups excluding carboxylic acids is 1. The molecule has 30 heavy (non-hydrogen) atoms. The average Bonchev–Trinajstić information content (AvgIpc) is 3.09. The van der Waals surface area contributed by atoms with E-state index in [9.17, 15) is 9.59 Å². The van der Waals surface area contributed by atoms with E-state index in [-0.39, 0.29) is 33.7 Å². The third-order valence-corrected chi connectivity index (χ3v) is 4.80. The SMILES string of the molecule is Cc1cc(NC(=O)c2cc3c(=O)n4cccc(C)c4nc3n(CC(C)C)c2=N)no1. The van der Waals surface area contributed by atoms with Crippen LogP contribution in [0.15, 0.2) is 39.8 Å². The Hall–Kier alpha value is -3.75. The number of aryl methyl sites for hydroxylation is 2. The molecule has 9 heteroatoms. The summed E-state index contributed by atoms with van der Waals surface area (Å²) in [5.41, 5.74) is 1.53. The van der Waals surface area contributed by atoms with Gasteiger partial charge in [0.15, 0.2) is 5.82 Å². The minimum atomic E-state index is -0.540. The van der Waals surface area contributed by atoms with Gasteiger partial charge in [0, 0.05) is 18.8 Å². The fourth-order valence-electron chi connectivity index (χ4n) is 3.42. The lowest BCUT2D eigenvalue weighted by Gasteiger charge is -2.16. The summed E-state index contributed by atoms with van der Waals surface area (Å²) in [6, 6.07) is 6.67. The zero-order chi connectivity index (χ0) is 21.6. The Morgan fingerprint density at radius 3 is 2.70 bits per heavy atom. The van der Waals surface area contributed by atoms with Crippen LogP contribution in [0, 0.1) is 25.2 Å². The summed E-state index contributed by atoms with van der Waals surface area (Å²) in [5.74, 6) is 0.433. The number of carbonyl (C=O) groups is 1. The molecule has 2 N–H and O–H groups in total. The Kier molecular flexibility index (Phi) is 4.73. The predicted molar refractivity (Wildman–Crippen MR) is 112 cm³/mol. The molecule has 9 nitrogen and oxygen atoms in total. The third kappa shape index (κ3) is 3.28. The van der Waals surface area contributed by atoms with Gasteiger partial charge in [-0.2, -0.15) is 0 Å². The summed E-state index contributed by atoms with van der Waals surface area (Å²) in [6.07, 6.45) is 1.65. The third-order valence-electron chi connectivity index (χ3n) is 4.80. The summed E-state index contributed by atoms with van der Waals surface area (Å²) >= 11 is 0. The van der Waals surface area contributed by atoms with Crippen molar-refractivity contribution in [2.24, 2.45) is 5.92 Å². The molecule has 4 aromatic rings. The van der Waals surface area contributed by atoms with Gasteiger partial charge in [0.25, 0.3) is 11.5 Å². The molecule has 154 valence electrons. The van der Waals surface area contributed by atoms with Crippen molar-refractivity contribution in [2.75, 3.05) is 5.32 Å². The second kappa shape index (κ2) is 7.25. The van der Waals surface area contributed by atoms with Crippen LogP contribution in [-0.4, -0.2) is 25.0 Å². The van der Waals surface area contributed by atoms with Crippen LogP contribution in [-0.2, 0) is 6.54 Å². The molecule has 0 aliphatic carbocycles. The second-order valence-corrected chi connectivity index (χ2v) is 7.73. The first-order valence-corrected chi connectivity index (χ1v) is 9.61. The monoisotopic (exact) mass is 406 g/mol. The number of pyridine rings is 2. The molecule has 0 spiro atoms. The number of nitrogens with one attached hydrogen (secondary N) is 2. The molecule has 1 amide bonds. The lowest BCUT2D eigenvalue weighted by atomic mass is 10.1. The number of anilines is 1. The molecule has 0 radical (unpaired) electrons. The van der Waals surface area contributed by atoms with E-state index < -0.39 is 5.91 Å². The maximum atomic E-state index is 13.2. The molecule has 0 aromatic carbocycles. The van der Waals surface area contributed by atoms with Gasteiger partial charge in [0.05, 0.1) is 10.9 Å². The molecule has 0 aliphatic heterocycles. The van der Waals surface area contributed by atoms with E-state index in [1.165, 1.54) is 10.5 Å². The molecule has 0 bridgehead atoms. The molecule has 4 aromatic heterocycles. The Morgan fingerprint density at radius 1 is 1.27 bits per heavy atom. The normalized spacial score (nSPS) is 11.5. The topological polar surface area (TPSA) is 118 Å². The molecule has 0 saturated carbocycles. The lowest BCUT2D eigenvalue weighted by molar-refractivity contribution is 0.102. The molecule has 0 saturated heterocycles. The van der Waals surface area contributed by atoms with E-state index in [1.54, 1.807) is 29.8 Å². The highest BCUT2D eigenvalue weighted by Crippen LogP contribution is 2.15. The van der Waals surface area contributed by atoms with Crippen LogP contribution < -0.4 is 16.4 Å². The molecule has 4 heterocycles. The van der Waals surface area contributed by atoms with E-state index in [0.717, 1.165) is 5.56 Å². The van der Waals surface area contributed by atoms with Gasteiger partial charge in [0.1, 0.15) is 22.5 Å². The van der Waals surface area contributed by atoms with Crippen LogP contribution in [0.25, 0.3) is 16.7 Å². The lowest BCUT2D eigenvalue weighted by Crippen LogP contribution is -2.33. The van der Waals surface area contributed by atoms with Gasteiger partial charge in [-0.3, -0.25) is 19.4 Å². The fraction of sp³-hybridized carbons (Fsp3) is 0.286. The first-order chi connectivity index (χ1) is 14.3. The zero-order valence-electron chi connectivity index (χ0n) is 17.2. The van der Waals surface area contributed by atoms with Crippen molar-refractivity contribution in [3.63, 3.8) is 0 Å². The number of hydrogen-bond acceptors (Lipinski definition) is 6. The van der Waals surface area contributed by atoms with E-state index >= 15 is 0 Å². The molecule has 0 atom stereocenters. The van der Waals surface area contributed by atoms with Gasteiger partial charge in [-0.05, 0) is 37.5 Å². The molecular weight excluding hydrogens is 384 g/mol. The van der Waals surface area contributed by atoms with Crippen LogP contribution in [0.3, 0.4) is 0 Å². The number of aromatic nitrogens is 4. The molecule has 0 fully saturated rings.